The molecule has 1 heterocycles. The number of nitrogens with zero attached hydrogens (tertiary/aromatic N) is 2. The van der Waals surface area contributed by atoms with Crippen molar-refractivity contribution in [1.82, 2.24) is 9.97 Å². The number of hydrogen-bond acceptors (Lipinski definition) is 4. The van der Waals surface area contributed by atoms with E-state index in [1.165, 1.54) is 6.07 Å². The van der Waals surface area contributed by atoms with Crippen LogP contribution in [0.5, 0.6) is 0 Å². The van der Waals surface area contributed by atoms with Gasteiger partial charge in [-0.1, -0.05) is 13.0 Å². The summed E-state index contributed by atoms with van der Waals surface area (Å²) >= 11 is 0. The van der Waals surface area contributed by atoms with Crippen LogP contribution in [0.15, 0.2) is 30.5 Å². The van der Waals surface area contributed by atoms with E-state index in [2.05, 4.69) is 27.5 Å². The van der Waals surface area contributed by atoms with Gasteiger partial charge in [-0.25, -0.2) is 9.37 Å². The minimum Gasteiger partial charge on any atom is -0.354 e. The molecule has 0 amide bonds. The van der Waals surface area contributed by atoms with E-state index in [-0.39, 0.29) is 5.82 Å². The molecule has 0 aliphatic carbocycles. The minimum atomic E-state index is -0.233. The van der Waals surface area contributed by atoms with Gasteiger partial charge in [-0.3, -0.25) is 0 Å². The maximum absolute atomic E-state index is 13.4. The highest BCUT2D eigenvalue weighted by molar-refractivity contribution is 5.57. The zero-order valence-corrected chi connectivity index (χ0v) is 11.1. The van der Waals surface area contributed by atoms with E-state index >= 15 is 0 Å². The molecular formula is C14H17FN4. The fourth-order valence-electron chi connectivity index (χ4n) is 1.57. The molecule has 1 aromatic carbocycles. The number of anilines is 3. The Labute approximate surface area is 112 Å². The van der Waals surface area contributed by atoms with Gasteiger partial charge in [0.15, 0.2) is 0 Å². The molecule has 0 saturated heterocycles. The van der Waals surface area contributed by atoms with Gasteiger partial charge in [0.05, 0.1) is 0 Å². The van der Waals surface area contributed by atoms with Crippen LogP contribution in [-0.2, 0) is 0 Å². The molecule has 2 aromatic rings. The lowest BCUT2D eigenvalue weighted by molar-refractivity contribution is 0.619. The van der Waals surface area contributed by atoms with Crippen molar-refractivity contribution < 1.29 is 4.39 Å². The Balaban J connectivity index is 2.11. The van der Waals surface area contributed by atoms with Crippen LogP contribution in [0.1, 0.15) is 18.9 Å². The highest BCUT2D eigenvalue weighted by atomic mass is 19.1. The molecule has 2 N–H and O–H groups in total. The van der Waals surface area contributed by atoms with Crippen LogP contribution in [0, 0.1) is 12.7 Å². The van der Waals surface area contributed by atoms with Crippen LogP contribution >= 0.6 is 0 Å². The molecule has 0 fully saturated rings. The lowest BCUT2D eigenvalue weighted by Crippen LogP contribution is -2.05. The fraction of sp³-hybridized carbons (Fsp3) is 0.286. The summed E-state index contributed by atoms with van der Waals surface area (Å²) in [6, 6.07) is 6.75. The van der Waals surface area contributed by atoms with Crippen LogP contribution in [0.25, 0.3) is 0 Å². The number of aromatic nitrogens is 2. The fourth-order valence-corrected chi connectivity index (χ4v) is 1.57. The van der Waals surface area contributed by atoms with Gasteiger partial charge in [-0.2, -0.15) is 4.98 Å². The highest BCUT2D eigenvalue weighted by Crippen LogP contribution is 2.18. The summed E-state index contributed by atoms with van der Waals surface area (Å²) in [5.74, 6) is 0.972. The summed E-state index contributed by atoms with van der Waals surface area (Å²) in [4.78, 5) is 8.42. The van der Waals surface area contributed by atoms with Crippen LogP contribution in [0.2, 0.25) is 0 Å². The molecule has 0 radical (unpaired) electrons. The van der Waals surface area contributed by atoms with Crippen LogP contribution in [-0.4, -0.2) is 16.5 Å². The van der Waals surface area contributed by atoms with E-state index in [9.17, 15) is 4.39 Å². The number of hydrogen-bond donors (Lipinski definition) is 2. The van der Waals surface area contributed by atoms with Gasteiger partial charge >= 0.3 is 0 Å². The molecule has 2 rings (SSSR count). The molecule has 0 aliphatic rings. The number of halogens is 1. The molecule has 0 atom stereocenters. The summed E-state index contributed by atoms with van der Waals surface area (Å²) in [7, 11) is 0. The number of rotatable bonds is 5. The smallest absolute Gasteiger partial charge is 0.224 e. The minimum absolute atomic E-state index is 0.233. The Morgan fingerprint density at radius 3 is 2.84 bits per heavy atom. The van der Waals surface area contributed by atoms with E-state index in [4.69, 9.17) is 0 Å². The first kappa shape index (κ1) is 13.3. The Kier molecular flexibility index (Phi) is 4.28. The van der Waals surface area contributed by atoms with Crippen molar-refractivity contribution in [2.75, 3.05) is 17.2 Å². The zero-order valence-electron chi connectivity index (χ0n) is 11.1. The SMILES string of the molecule is CCCNc1nccc(Nc2ccc(C)c(F)c2)n1. The van der Waals surface area contributed by atoms with E-state index < -0.39 is 0 Å². The predicted octanol–water partition coefficient (Wildman–Crippen LogP) is 3.49. The van der Waals surface area contributed by atoms with Crippen molar-refractivity contribution in [1.29, 1.82) is 0 Å². The first-order chi connectivity index (χ1) is 9.19. The molecule has 100 valence electrons. The summed E-state index contributed by atoms with van der Waals surface area (Å²) in [5, 5.41) is 6.16. The van der Waals surface area contributed by atoms with Crippen LogP contribution < -0.4 is 10.6 Å². The van der Waals surface area contributed by atoms with Gasteiger partial charge in [-0.05, 0) is 37.1 Å². The Morgan fingerprint density at radius 2 is 2.11 bits per heavy atom. The predicted molar refractivity (Wildman–Crippen MR) is 75.2 cm³/mol. The van der Waals surface area contributed by atoms with Crippen molar-refractivity contribution in [2.24, 2.45) is 0 Å². The van der Waals surface area contributed by atoms with E-state index in [1.54, 1.807) is 25.3 Å². The summed E-state index contributed by atoms with van der Waals surface area (Å²) in [5.41, 5.74) is 1.29. The van der Waals surface area contributed by atoms with Crippen molar-refractivity contribution in [3.8, 4) is 0 Å². The van der Waals surface area contributed by atoms with Gasteiger partial charge < -0.3 is 10.6 Å². The second-order valence-electron chi connectivity index (χ2n) is 4.28. The normalized spacial score (nSPS) is 10.3. The second-order valence-corrected chi connectivity index (χ2v) is 4.28. The number of benzene rings is 1. The van der Waals surface area contributed by atoms with E-state index in [0.29, 0.717) is 23.0 Å². The molecule has 19 heavy (non-hydrogen) atoms. The molecule has 5 heteroatoms. The van der Waals surface area contributed by atoms with Gasteiger partial charge in [0.1, 0.15) is 11.6 Å². The summed E-state index contributed by atoms with van der Waals surface area (Å²) in [6.45, 7) is 4.63. The third-order valence-corrected chi connectivity index (χ3v) is 2.63. The topological polar surface area (TPSA) is 49.8 Å². The third kappa shape index (κ3) is 3.64. The summed E-state index contributed by atoms with van der Waals surface area (Å²) in [6.07, 6.45) is 2.67. The van der Waals surface area contributed by atoms with Crippen molar-refractivity contribution in [2.45, 2.75) is 20.3 Å². The van der Waals surface area contributed by atoms with Crippen LogP contribution in [0.3, 0.4) is 0 Å². The van der Waals surface area contributed by atoms with Gasteiger partial charge in [0, 0.05) is 18.4 Å². The van der Waals surface area contributed by atoms with Crippen LogP contribution in [0.4, 0.5) is 21.8 Å². The second kappa shape index (κ2) is 6.13. The maximum Gasteiger partial charge on any atom is 0.224 e. The Hall–Kier alpha value is -2.17. The molecule has 0 spiro atoms. The summed E-state index contributed by atoms with van der Waals surface area (Å²) < 4.78 is 13.4. The Bertz CT molecular complexity index is 557. The first-order valence-electron chi connectivity index (χ1n) is 6.29. The average Bonchev–Trinajstić information content (AvgIpc) is 2.41. The number of aryl methyl sites for hydroxylation is 1. The Morgan fingerprint density at radius 1 is 1.26 bits per heavy atom. The monoisotopic (exact) mass is 260 g/mol. The maximum atomic E-state index is 13.4. The van der Waals surface area contributed by atoms with E-state index in [0.717, 1.165) is 13.0 Å². The van der Waals surface area contributed by atoms with Gasteiger partial charge in [0.25, 0.3) is 0 Å². The quantitative estimate of drug-likeness (QED) is 0.864. The zero-order chi connectivity index (χ0) is 13.7. The molecule has 0 aliphatic heterocycles. The highest BCUT2D eigenvalue weighted by Gasteiger charge is 2.02. The first-order valence-corrected chi connectivity index (χ1v) is 6.29. The average molecular weight is 260 g/mol. The lowest BCUT2D eigenvalue weighted by Gasteiger charge is -2.08. The van der Waals surface area contributed by atoms with Gasteiger partial charge in [0.2, 0.25) is 5.95 Å². The molecule has 1 aromatic heterocycles. The molecule has 0 saturated carbocycles. The molecule has 0 bridgehead atoms. The third-order valence-electron chi connectivity index (χ3n) is 2.63. The number of nitrogens with one attached hydrogen (secondary N) is 2. The van der Waals surface area contributed by atoms with E-state index in [1.807, 2.05) is 6.07 Å². The standard InChI is InChI=1S/C14H17FN4/c1-3-7-16-14-17-8-6-13(19-14)18-11-5-4-10(2)12(15)9-11/h4-6,8-9H,3,7H2,1-2H3,(H2,16,17,18,19). The van der Waals surface area contributed by atoms with Crippen molar-refractivity contribution >= 4 is 17.5 Å². The van der Waals surface area contributed by atoms with Gasteiger partial charge in [-0.15, -0.1) is 0 Å². The molecular weight excluding hydrogens is 243 g/mol. The molecule has 4 nitrogen and oxygen atoms in total. The van der Waals surface area contributed by atoms with Crippen molar-refractivity contribution in [3.05, 3.63) is 41.8 Å². The molecule has 0 unspecified atom stereocenters. The van der Waals surface area contributed by atoms with Crippen molar-refractivity contribution in [3.63, 3.8) is 0 Å². The lowest BCUT2D eigenvalue weighted by atomic mass is 10.2. The largest absolute Gasteiger partial charge is 0.354 e.